The third kappa shape index (κ3) is 1.75. The largest absolute Gasteiger partial charge is 0.497 e. The second kappa shape index (κ2) is 2.92. The molecule has 0 spiro atoms. The van der Waals surface area contributed by atoms with Gasteiger partial charge in [-0.15, -0.1) is 0 Å². The van der Waals surface area contributed by atoms with Crippen molar-refractivity contribution in [2.24, 2.45) is 0 Å². The molecule has 0 heterocycles. The zero-order valence-electron chi connectivity index (χ0n) is 5.36. The molecule has 1 aliphatic carbocycles. The molecule has 9 heavy (non-hydrogen) atoms. The van der Waals surface area contributed by atoms with E-state index in [0.29, 0.717) is 0 Å². The van der Waals surface area contributed by atoms with Gasteiger partial charge in [0.05, 0.1) is 7.11 Å². The Balaban J connectivity index is 2.63. The van der Waals surface area contributed by atoms with E-state index in [2.05, 4.69) is 0 Å². The first-order valence-corrected chi connectivity index (χ1v) is 3.31. The fourth-order valence-electron chi connectivity index (χ4n) is 0.780. The molecule has 0 N–H and O–H groups in total. The molecule has 0 radical (unpaired) electrons. The molecule has 0 aromatic carbocycles. The van der Waals surface area contributed by atoms with Gasteiger partial charge in [-0.2, -0.15) is 0 Å². The molecule has 0 fully saturated rings. The number of hydrogen-bond acceptors (Lipinski definition) is 1. The first kappa shape index (κ1) is 6.69. The van der Waals surface area contributed by atoms with Crippen LogP contribution in [-0.4, -0.2) is 7.11 Å². The lowest BCUT2D eigenvalue weighted by atomic mass is 10.2. The van der Waals surface area contributed by atoms with Gasteiger partial charge in [-0.3, -0.25) is 0 Å². The fraction of sp³-hybridized carbons (Fsp3) is 0.429. The Morgan fingerprint density at radius 2 is 2.44 bits per heavy atom. The van der Waals surface area contributed by atoms with Crippen molar-refractivity contribution in [3.63, 3.8) is 0 Å². The molecule has 0 amide bonds. The van der Waals surface area contributed by atoms with E-state index in [1.807, 2.05) is 12.2 Å². The molecule has 50 valence electrons. The highest BCUT2D eigenvalue weighted by Crippen LogP contribution is 2.19. The van der Waals surface area contributed by atoms with Gasteiger partial charge in [-0.05, 0) is 25.0 Å². The second-order valence-electron chi connectivity index (χ2n) is 1.94. The molecule has 1 rings (SSSR count). The highest BCUT2D eigenvalue weighted by atomic mass is 35.5. The fourth-order valence-corrected chi connectivity index (χ4v) is 0.997. The van der Waals surface area contributed by atoms with Crippen LogP contribution in [0.2, 0.25) is 0 Å². The summed E-state index contributed by atoms with van der Waals surface area (Å²) in [5, 5.41) is 0.884. The molecule has 0 aliphatic heterocycles. The quantitative estimate of drug-likeness (QED) is 0.549. The van der Waals surface area contributed by atoms with E-state index in [4.69, 9.17) is 16.3 Å². The molecule has 0 aromatic rings. The smallest absolute Gasteiger partial charge is 0.116 e. The van der Waals surface area contributed by atoms with E-state index in [-0.39, 0.29) is 0 Å². The van der Waals surface area contributed by atoms with Crippen LogP contribution in [0.25, 0.3) is 0 Å². The summed E-state index contributed by atoms with van der Waals surface area (Å²) in [6.45, 7) is 0. The summed E-state index contributed by atoms with van der Waals surface area (Å²) in [6, 6.07) is 0. The summed E-state index contributed by atoms with van der Waals surface area (Å²) in [6.07, 6.45) is 5.84. The average molecular weight is 145 g/mol. The molecule has 0 bridgehead atoms. The van der Waals surface area contributed by atoms with Crippen molar-refractivity contribution in [1.29, 1.82) is 0 Å². The summed E-state index contributed by atoms with van der Waals surface area (Å²) in [4.78, 5) is 0. The lowest BCUT2D eigenvalue weighted by Crippen LogP contribution is -1.89. The molecule has 1 nitrogen and oxygen atoms in total. The van der Waals surface area contributed by atoms with Crippen LogP contribution in [0.5, 0.6) is 0 Å². The highest BCUT2D eigenvalue weighted by Gasteiger charge is 2.00. The molecule has 2 heteroatoms. The topological polar surface area (TPSA) is 9.23 Å². The molecule has 0 atom stereocenters. The maximum atomic E-state index is 5.73. The Bertz CT molecular complexity index is 158. The van der Waals surface area contributed by atoms with Gasteiger partial charge in [0.2, 0.25) is 0 Å². The lowest BCUT2D eigenvalue weighted by Gasteiger charge is -2.06. The number of halogens is 1. The van der Waals surface area contributed by atoms with E-state index in [9.17, 15) is 0 Å². The van der Waals surface area contributed by atoms with Crippen LogP contribution in [0.1, 0.15) is 12.8 Å². The zero-order chi connectivity index (χ0) is 6.69. The molecule has 1 aliphatic rings. The van der Waals surface area contributed by atoms with Crippen LogP contribution in [0.4, 0.5) is 0 Å². The van der Waals surface area contributed by atoms with Crippen LogP contribution in [-0.2, 0) is 4.74 Å². The molecular weight excluding hydrogens is 136 g/mol. The minimum atomic E-state index is 0.881. The molecule has 0 aromatic heterocycles. The van der Waals surface area contributed by atoms with E-state index >= 15 is 0 Å². The van der Waals surface area contributed by atoms with Crippen molar-refractivity contribution in [3.05, 3.63) is 22.9 Å². The summed E-state index contributed by atoms with van der Waals surface area (Å²) in [5.74, 6) is 0.881. The zero-order valence-corrected chi connectivity index (χ0v) is 6.11. The SMILES string of the molecule is COC1=CCCC(Cl)=C1. The van der Waals surface area contributed by atoms with Crippen LogP contribution in [0.15, 0.2) is 22.9 Å². The van der Waals surface area contributed by atoms with Crippen molar-refractivity contribution in [3.8, 4) is 0 Å². The predicted octanol–water partition coefficient (Wildman–Crippen LogP) is 2.43. The molecule has 0 unspecified atom stereocenters. The first-order chi connectivity index (χ1) is 4.33. The van der Waals surface area contributed by atoms with E-state index in [1.54, 1.807) is 7.11 Å². The Morgan fingerprint density at radius 3 is 2.89 bits per heavy atom. The Hall–Kier alpha value is -0.430. The van der Waals surface area contributed by atoms with Gasteiger partial charge in [0.15, 0.2) is 0 Å². The van der Waals surface area contributed by atoms with Gasteiger partial charge in [-0.25, -0.2) is 0 Å². The third-order valence-corrected chi connectivity index (χ3v) is 1.56. The lowest BCUT2D eigenvalue weighted by molar-refractivity contribution is 0.303. The number of ether oxygens (including phenoxy) is 1. The van der Waals surface area contributed by atoms with Crippen molar-refractivity contribution < 1.29 is 4.74 Å². The average Bonchev–Trinajstić information content (AvgIpc) is 1.88. The van der Waals surface area contributed by atoms with Gasteiger partial charge in [0.25, 0.3) is 0 Å². The van der Waals surface area contributed by atoms with Crippen molar-refractivity contribution in [1.82, 2.24) is 0 Å². The predicted molar refractivity (Wildman–Crippen MR) is 38.3 cm³/mol. The van der Waals surface area contributed by atoms with Crippen LogP contribution in [0, 0.1) is 0 Å². The number of methoxy groups -OCH3 is 1. The molecule has 0 saturated carbocycles. The normalized spacial score (nSPS) is 18.4. The summed E-state index contributed by atoms with van der Waals surface area (Å²) in [7, 11) is 1.65. The van der Waals surface area contributed by atoms with Crippen molar-refractivity contribution in [2.45, 2.75) is 12.8 Å². The standard InChI is InChI=1S/C7H9ClO/c1-9-7-4-2-3-6(8)5-7/h4-5H,2-3H2,1H3. The van der Waals surface area contributed by atoms with Crippen molar-refractivity contribution >= 4 is 11.6 Å². The molecular formula is C7H9ClO. The van der Waals surface area contributed by atoms with Crippen LogP contribution in [0.3, 0.4) is 0 Å². The highest BCUT2D eigenvalue weighted by molar-refractivity contribution is 6.29. The van der Waals surface area contributed by atoms with Gasteiger partial charge in [0.1, 0.15) is 5.76 Å². The Morgan fingerprint density at radius 1 is 1.67 bits per heavy atom. The second-order valence-corrected chi connectivity index (χ2v) is 2.43. The van der Waals surface area contributed by atoms with Gasteiger partial charge >= 0.3 is 0 Å². The third-order valence-electron chi connectivity index (χ3n) is 1.26. The molecule has 0 saturated heterocycles. The van der Waals surface area contributed by atoms with Gasteiger partial charge in [-0.1, -0.05) is 11.6 Å². The number of allylic oxidation sites excluding steroid dienone is 3. The summed E-state index contributed by atoms with van der Waals surface area (Å²) >= 11 is 5.73. The Labute approximate surface area is 60.0 Å². The summed E-state index contributed by atoms with van der Waals surface area (Å²) < 4.78 is 4.96. The van der Waals surface area contributed by atoms with Crippen LogP contribution < -0.4 is 0 Å². The van der Waals surface area contributed by atoms with Gasteiger partial charge in [0, 0.05) is 5.03 Å². The number of rotatable bonds is 1. The van der Waals surface area contributed by atoms with E-state index in [0.717, 1.165) is 23.6 Å². The first-order valence-electron chi connectivity index (χ1n) is 2.93. The maximum absolute atomic E-state index is 5.73. The Kier molecular flexibility index (Phi) is 2.17. The number of hydrogen-bond donors (Lipinski definition) is 0. The van der Waals surface area contributed by atoms with E-state index in [1.165, 1.54) is 0 Å². The minimum Gasteiger partial charge on any atom is -0.497 e. The van der Waals surface area contributed by atoms with E-state index < -0.39 is 0 Å². The monoisotopic (exact) mass is 144 g/mol. The van der Waals surface area contributed by atoms with Crippen LogP contribution >= 0.6 is 11.6 Å². The maximum Gasteiger partial charge on any atom is 0.116 e. The van der Waals surface area contributed by atoms with Crippen molar-refractivity contribution in [2.75, 3.05) is 7.11 Å². The minimum absolute atomic E-state index is 0.881. The van der Waals surface area contributed by atoms with Gasteiger partial charge < -0.3 is 4.74 Å². The summed E-state index contributed by atoms with van der Waals surface area (Å²) in [5.41, 5.74) is 0.